The zero-order valence-electron chi connectivity index (χ0n) is 13.1. The predicted octanol–water partition coefficient (Wildman–Crippen LogP) is 3.90. The summed E-state index contributed by atoms with van der Waals surface area (Å²) in [5, 5.41) is 2.05. The molecule has 1 aromatic heterocycles. The van der Waals surface area contributed by atoms with Crippen LogP contribution < -0.4 is 0 Å². The van der Waals surface area contributed by atoms with Gasteiger partial charge in [0.1, 0.15) is 0 Å². The minimum atomic E-state index is 0.222. The lowest BCUT2D eigenvalue weighted by Crippen LogP contribution is -2.41. The van der Waals surface area contributed by atoms with E-state index in [0.717, 1.165) is 57.6 Å². The fourth-order valence-corrected chi connectivity index (χ4v) is 4.21. The van der Waals surface area contributed by atoms with Crippen molar-refractivity contribution in [2.45, 2.75) is 45.4 Å². The Morgan fingerprint density at radius 3 is 2.62 bits per heavy atom. The molecular weight excluding hydrogens is 282 g/mol. The van der Waals surface area contributed by atoms with Gasteiger partial charge in [-0.15, -0.1) is 11.3 Å². The summed E-state index contributed by atoms with van der Waals surface area (Å²) in [4.78, 5) is 16.0. The van der Waals surface area contributed by atoms with E-state index in [2.05, 4.69) is 19.9 Å². The first-order valence-corrected chi connectivity index (χ1v) is 8.89. The lowest BCUT2D eigenvalue weighted by Gasteiger charge is -2.36. The molecule has 0 bridgehead atoms. The topological polar surface area (TPSA) is 29.5 Å². The highest BCUT2D eigenvalue weighted by molar-refractivity contribution is 7.10. The fraction of sp³-hybridized carbons (Fsp3) is 0.706. The van der Waals surface area contributed by atoms with Gasteiger partial charge in [0.05, 0.1) is 5.56 Å². The van der Waals surface area contributed by atoms with E-state index < -0.39 is 0 Å². The van der Waals surface area contributed by atoms with Gasteiger partial charge in [-0.1, -0.05) is 13.8 Å². The summed E-state index contributed by atoms with van der Waals surface area (Å²) in [6.45, 7) is 8.09. The minimum Gasteiger partial charge on any atom is -0.381 e. The number of rotatable bonds is 2. The molecule has 0 atom stereocenters. The molecule has 2 fully saturated rings. The number of carbonyl (C=O) groups excluding carboxylic acids is 1. The van der Waals surface area contributed by atoms with Crippen LogP contribution in [0.5, 0.6) is 0 Å². The van der Waals surface area contributed by atoms with Gasteiger partial charge in [-0.25, -0.2) is 0 Å². The number of thiophene rings is 1. The summed E-state index contributed by atoms with van der Waals surface area (Å²) >= 11 is 1.75. The van der Waals surface area contributed by atoms with Crippen LogP contribution >= 0.6 is 11.3 Å². The SMILES string of the molecule is CC1(C)CCN(C(=O)c2csc(C3CCOCC3)c2)CC1. The third-order valence-corrected chi connectivity index (χ3v) is 5.99. The van der Waals surface area contributed by atoms with E-state index in [9.17, 15) is 4.79 Å². The van der Waals surface area contributed by atoms with Crippen molar-refractivity contribution in [2.75, 3.05) is 26.3 Å². The molecule has 0 aromatic carbocycles. The summed E-state index contributed by atoms with van der Waals surface area (Å²) in [7, 11) is 0. The molecule has 2 aliphatic rings. The van der Waals surface area contributed by atoms with Crippen LogP contribution in [0.4, 0.5) is 0 Å². The van der Waals surface area contributed by atoms with Crippen LogP contribution in [-0.4, -0.2) is 37.1 Å². The Labute approximate surface area is 131 Å². The second kappa shape index (κ2) is 6.09. The van der Waals surface area contributed by atoms with E-state index in [0.29, 0.717) is 11.3 Å². The van der Waals surface area contributed by atoms with Gasteiger partial charge < -0.3 is 9.64 Å². The molecule has 3 nitrogen and oxygen atoms in total. The molecule has 0 unspecified atom stereocenters. The van der Waals surface area contributed by atoms with Gasteiger partial charge in [0.25, 0.3) is 5.91 Å². The van der Waals surface area contributed by atoms with Crippen molar-refractivity contribution < 1.29 is 9.53 Å². The Bertz CT molecular complexity index is 493. The normalized spacial score (nSPS) is 23.2. The summed E-state index contributed by atoms with van der Waals surface area (Å²) in [6, 6.07) is 2.13. The smallest absolute Gasteiger partial charge is 0.254 e. The van der Waals surface area contributed by atoms with E-state index in [1.165, 1.54) is 4.88 Å². The third-order valence-electron chi connectivity index (χ3n) is 4.89. The number of ether oxygens (including phenoxy) is 1. The molecule has 0 aliphatic carbocycles. The highest BCUT2D eigenvalue weighted by atomic mass is 32.1. The highest BCUT2D eigenvalue weighted by Gasteiger charge is 2.29. The number of piperidine rings is 1. The average Bonchev–Trinajstić information content (AvgIpc) is 2.97. The molecule has 0 radical (unpaired) electrons. The summed E-state index contributed by atoms with van der Waals surface area (Å²) in [5.74, 6) is 0.811. The maximum absolute atomic E-state index is 12.6. The number of likely N-dealkylation sites (tertiary alicyclic amines) is 1. The lowest BCUT2D eigenvalue weighted by molar-refractivity contribution is 0.0630. The summed E-state index contributed by atoms with van der Waals surface area (Å²) in [6.07, 6.45) is 4.39. The second-order valence-electron chi connectivity index (χ2n) is 7.08. The molecule has 1 aromatic rings. The van der Waals surface area contributed by atoms with E-state index in [-0.39, 0.29) is 5.91 Å². The molecule has 0 N–H and O–H groups in total. The van der Waals surface area contributed by atoms with Crippen molar-refractivity contribution >= 4 is 17.2 Å². The van der Waals surface area contributed by atoms with Crippen molar-refractivity contribution in [2.24, 2.45) is 5.41 Å². The fourth-order valence-electron chi connectivity index (χ4n) is 3.16. The summed E-state index contributed by atoms with van der Waals surface area (Å²) in [5.41, 5.74) is 1.28. The van der Waals surface area contributed by atoms with Crippen LogP contribution in [-0.2, 0) is 4.74 Å². The molecule has 0 spiro atoms. The molecule has 3 heterocycles. The average molecular weight is 307 g/mol. The van der Waals surface area contributed by atoms with Crippen molar-refractivity contribution in [3.63, 3.8) is 0 Å². The van der Waals surface area contributed by atoms with Crippen LogP contribution in [0, 0.1) is 5.41 Å². The Morgan fingerprint density at radius 1 is 1.29 bits per heavy atom. The van der Waals surface area contributed by atoms with Crippen LogP contribution in [0.15, 0.2) is 11.4 Å². The Balaban J connectivity index is 1.64. The lowest BCUT2D eigenvalue weighted by atomic mass is 9.82. The summed E-state index contributed by atoms with van der Waals surface area (Å²) < 4.78 is 5.42. The third kappa shape index (κ3) is 3.49. The van der Waals surface area contributed by atoms with Gasteiger partial charge in [-0.2, -0.15) is 0 Å². The molecule has 3 rings (SSSR count). The maximum atomic E-state index is 12.6. The maximum Gasteiger partial charge on any atom is 0.254 e. The van der Waals surface area contributed by atoms with E-state index >= 15 is 0 Å². The first-order valence-electron chi connectivity index (χ1n) is 8.01. The zero-order valence-corrected chi connectivity index (χ0v) is 13.9. The van der Waals surface area contributed by atoms with Gasteiger partial charge in [-0.3, -0.25) is 4.79 Å². The van der Waals surface area contributed by atoms with Crippen LogP contribution in [0.1, 0.15) is 60.7 Å². The van der Waals surface area contributed by atoms with E-state index in [4.69, 9.17) is 4.74 Å². The van der Waals surface area contributed by atoms with Crippen molar-refractivity contribution in [1.82, 2.24) is 4.90 Å². The predicted molar refractivity (Wildman–Crippen MR) is 86.0 cm³/mol. The number of hydrogen-bond donors (Lipinski definition) is 0. The number of nitrogens with zero attached hydrogens (tertiary/aromatic N) is 1. The molecule has 1 amide bonds. The molecule has 2 aliphatic heterocycles. The first kappa shape index (κ1) is 15.0. The minimum absolute atomic E-state index is 0.222. The van der Waals surface area contributed by atoms with Gasteiger partial charge in [-0.05, 0) is 43.1 Å². The molecule has 21 heavy (non-hydrogen) atoms. The Hall–Kier alpha value is -0.870. The number of amides is 1. The molecule has 116 valence electrons. The van der Waals surface area contributed by atoms with Crippen molar-refractivity contribution in [1.29, 1.82) is 0 Å². The molecule has 0 saturated carbocycles. The number of hydrogen-bond acceptors (Lipinski definition) is 3. The molecular formula is C17H25NO2S. The molecule has 4 heteroatoms. The van der Waals surface area contributed by atoms with Crippen LogP contribution in [0.3, 0.4) is 0 Å². The zero-order chi connectivity index (χ0) is 14.9. The first-order chi connectivity index (χ1) is 10.1. The number of carbonyl (C=O) groups is 1. The Kier molecular flexibility index (Phi) is 4.36. The monoisotopic (exact) mass is 307 g/mol. The molecule has 2 saturated heterocycles. The van der Waals surface area contributed by atoms with E-state index in [1.54, 1.807) is 11.3 Å². The van der Waals surface area contributed by atoms with E-state index in [1.807, 2.05) is 10.3 Å². The van der Waals surface area contributed by atoms with Crippen molar-refractivity contribution in [3.05, 3.63) is 21.9 Å². The quantitative estimate of drug-likeness (QED) is 0.829. The van der Waals surface area contributed by atoms with Crippen LogP contribution in [0.2, 0.25) is 0 Å². The standard InChI is InChI=1S/C17H25NO2S/c1-17(2)5-7-18(8-6-17)16(19)14-11-15(21-12-14)13-3-9-20-10-4-13/h11-13H,3-10H2,1-2H3. The van der Waals surface area contributed by atoms with Gasteiger partial charge in [0.2, 0.25) is 0 Å². The Morgan fingerprint density at radius 2 is 1.95 bits per heavy atom. The van der Waals surface area contributed by atoms with Gasteiger partial charge in [0, 0.05) is 36.6 Å². The highest BCUT2D eigenvalue weighted by Crippen LogP contribution is 2.33. The van der Waals surface area contributed by atoms with Crippen LogP contribution in [0.25, 0.3) is 0 Å². The largest absolute Gasteiger partial charge is 0.381 e. The van der Waals surface area contributed by atoms with Gasteiger partial charge in [0.15, 0.2) is 0 Å². The van der Waals surface area contributed by atoms with Crippen molar-refractivity contribution in [3.8, 4) is 0 Å². The van der Waals surface area contributed by atoms with Gasteiger partial charge >= 0.3 is 0 Å². The second-order valence-corrected chi connectivity index (χ2v) is 8.02.